The van der Waals surface area contributed by atoms with E-state index in [4.69, 9.17) is 4.74 Å². The summed E-state index contributed by atoms with van der Waals surface area (Å²) in [4.78, 5) is 14.7. The Morgan fingerprint density at radius 2 is 1.63 bits per heavy atom. The summed E-state index contributed by atoms with van der Waals surface area (Å²) in [6.07, 6.45) is 0.262. The fourth-order valence-electron chi connectivity index (χ4n) is 3.15. The summed E-state index contributed by atoms with van der Waals surface area (Å²) in [7, 11) is 3.39. The summed E-state index contributed by atoms with van der Waals surface area (Å²) in [5.41, 5.74) is 2.73. The van der Waals surface area contributed by atoms with Crippen molar-refractivity contribution >= 4 is 5.91 Å². The van der Waals surface area contributed by atoms with Gasteiger partial charge in [-0.25, -0.2) is 4.39 Å². The molecule has 3 aromatic rings. The number of carbonyl (C=O) groups is 1. The molecule has 3 rings (SSSR count). The van der Waals surface area contributed by atoms with Crippen LogP contribution in [0.1, 0.15) is 22.7 Å². The Labute approximate surface area is 159 Å². The van der Waals surface area contributed by atoms with Gasteiger partial charge in [-0.1, -0.05) is 54.6 Å². The molecular formula is C23H22FNO2. The minimum Gasteiger partial charge on any atom is -0.497 e. The van der Waals surface area contributed by atoms with Crippen LogP contribution in [0.3, 0.4) is 0 Å². The monoisotopic (exact) mass is 363 g/mol. The predicted molar refractivity (Wildman–Crippen MR) is 104 cm³/mol. The number of methoxy groups -OCH3 is 1. The Morgan fingerprint density at radius 1 is 0.963 bits per heavy atom. The van der Waals surface area contributed by atoms with Crippen molar-refractivity contribution in [3.05, 3.63) is 101 Å². The highest BCUT2D eigenvalue weighted by molar-refractivity contribution is 5.79. The van der Waals surface area contributed by atoms with Crippen molar-refractivity contribution in [3.8, 4) is 5.75 Å². The van der Waals surface area contributed by atoms with E-state index in [0.717, 1.165) is 22.4 Å². The minimum atomic E-state index is -0.295. The predicted octanol–water partition coefficient (Wildman–Crippen LogP) is 4.62. The van der Waals surface area contributed by atoms with Gasteiger partial charge in [0.25, 0.3) is 0 Å². The molecule has 0 spiro atoms. The van der Waals surface area contributed by atoms with Crippen LogP contribution >= 0.6 is 0 Å². The molecule has 27 heavy (non-hydrogen) atoms. The summed E-state index contributed by atoms with van der Waals surface area (Å²) in [5, 5.41) is 0. The van der Waals surface area contributed by atoms with E-state index in [-0.39, 0.29) is 24.2 Å². The second kappa shape index (κ2) is 8.49. The number of hydrogen-bond donors (Lipinski definition) is 0. The van der Waals surface area contributed by atoms with E-state index < -0.39 is 0 Å². The van der Waals surface area contributed by atoms with Crippen LogP contribution in [0.5, 0.6) is 5.75 Å². The van der Waals surface area contributed by atoms with Crippen LogP contribution in [-0.4, -0.2) is 25.0 Å². The molecule has 0 radical (unpaired) electrons. The topological polar surface area (TPSA) is 29.5 Å². The molecular weight excluding hydrogens is 341 g/mol. The second-order valence-electron chi connectivity index (χ2n) is 6.40. The Kier molecular flexibility index (Phi) is 5.87. The molecule has 0 bridgehead atoms. The van der Waals surface area contributed by atoms with Crippen LogP contribution in [0, 0.1) is 5.82 Å². The molecule has 1 amide bonds. The highest BCUT2D eigenvalue weighted by Gasteiger charge is 2.23. The Hall–Kier alpha value is -3.14. The standard InChI is InChI=1S/C23H22FNO2/c1-25(22(26)16-17-7-6-10-21(15-17)27-2)23(18-8-4-3-5-9-18)19-11-13-20(24)14-12-19/h3-15,23H,16H2,1-2H3. The van der Waals surface area contributed by atoms with Crippen LogP contribution in [0.2, 0.25) is 0 Å². The van der Waals surface area contributed by atoms with Crippen molar-refractivity contribution in [2.45, 2.75) is 12.5 Å². The lowest BCUT2D eigenvalue weighted by Crippen LogP contribution is -2.33. The molecule has 0 saturated heterocycles. The van der Waals surface area contributed by atoms with Gasteiger partial charge in [0.05, 0.1) is 19.6 Å². The molecule has 1 unspecified atom stereocenters. The molecule has 0 fully saturated rings. The van der Waals surface area contributed by atoms with Crippen molar-refractivity contribution < 1.29 is 13.9 Å². The summed E-state index contributed by atoms with van der Waals surface area (Å²) < 4.78 is 18.6. The van der Waals surface area contributed by atoms with Gasteiger partial charge in [-0.05, 0) is 41.0 Å². The molecule has 0 aromatic heterocycles. The van der Waals surface area contributed by atoms with E-state index in [1.807, 2.05) is 54.6 Å². The molecule has 0 aliphatic carbocycles. The first kappa shape index (κ1) is 18.6. The third kappa shape index (κ3) is 4.53. The third-order valence-corrected chi connectivity index (χ3v) is 4.57. The fourth-order valence-corrected chi connectivity index (χ4v) is 3.15. The van der Waals surface area contributed by atoms with E-state index in [9.17, 15) is 9.18 Å². The lowest BCUT2D eigenvalue weighted by atomic mass is 9.96. The molecule has 0 aliphatic heterocycles. The Morgan fingerprint density at radius 3 is 2.30 bits per heavy atom. The van der Waals surface area contributed by atoms with Gasteiger partial charge < -0.3 is 9.64 Å². The number of hydrogen-bond acceptors (Lipinski definition) is 2. The van der Waals surface area contributed by atoms with Gasteiger partial charge in [0.1, 0.15) is 11.6 Å². The molecule has 3 aromatic carbocycles. The quantitative estimate of drug-likeness (QED) is 0.639. The zero-order chi connectivity index (χ0) is 19.2. The molecule has 4 heteroatoms. The van der Waals surface area contributed by atoms with Gasteiger partial charge in [-0.15, -0.1) is 0 Å². The van der Waals surface area contributed by atoms with Gasteiger partial charge in [0.15, 0.2) is 0 Å². The SMILES string of the molecule is COc1cccc(CC(=O)N(C)C(c2ccccc2)c2ccc(F)cc2)c1. The normalized spacial score (nSPS) is 11.7. The number of halogens is 1. The molecule has 1 atom stereocenters. The molecule has 3 nitrogen and oxygen atoms in total. The highest BCUT2D eigenvalue weighted by atomic mass is 19.1. The molecule has 0 heterocycles. The van der Waals surface area contributed by atoms with Gasteiger partial charge in [0, 0.05) is 7.05 Å². The van der Waals surface area contributed by atoms with Gasteiger partial charge in [-0.3, -0.25) is 4.79 Å². The van der Waals surface area contributed by atoms with E-state index in [0.29, 0.717) is 0 Å². The average molecular weight is 363 g/mol. The molecule has 138 valence electrons. The maximum atomic E-state index is 13.4. The van der Waals surface area contributed by atoms with E-state index in [1.54, 1.807) is 31.2 Å². The first-order valence-corrected chi connectivity index (χ1v) is 8.77. The second-order valence-corrected chi connectivity index (χ2v) is 6.40. The number of rotatable bonds is 6. The first-order chi connectivity index (χ1) is 13.1. The van der Waals surface area contributed by atoms with Gasteiger partial charge >= 0.3 is 0 Å². The molecule has 0 saturated carbocycles. The maximum absolute atomic E-state index is 13.4. The summed E-state index contributed by atoms with van der Waals surface area (Å²) in [5.74, 6) is 0.401. The zero-order valence-corrected chi connectivity index (χ0v) is 15.4. The lowest BCUT2D eigenvalue weighted by molar-refractivity contribution is -0.130. The van der Waals surface area contributed by atoms with E-state index >= 15 is 0 Å². The van der Waals surface area contributed by atoms with Crippen LogP contribution in [0.4, 0.5) is 4.39 Å². The van der Waals surface area contributed by atoms with Gasteiger partial charge in [-0.2, -0.15) is 0 Å². The third-order valence-electron chi connectivity index (χ3n) is 4.57. The highest BCUT2D eigenvalue weighted by Crippen LogP contribution is 2.28. The van der Waals surface area contributed by atoms with Crippen molar-refractivity contribution in [1.29, 1.82) is 0 Å². The van der Waals surface area contributed by atoms with Gasteiger partial charge in [0.2, 0.25) is 5.91 Å². The Balaban J connectivity index is 1.89. The zero-order valence-electron chi connectivity index (χ0n) is 15.4. The summed E-state index contributed by atoms with van der Waals surface area (Å²) in [6.45, 7) is 0. The number of likely N-dealkylation sites (N-methyl/N-ethyl adjacent to an activating group) is 1. The molecule has 0 aliphatic rings. The number of benzene rings is 3. The largest absolute Gasteiger partial charge is 0.497 e. The lowest BCUT2D eigenvalue weighted by Gasteiger charge is -2.29. The van der Waals surface area contributed by atoms with Crippen LogP contribution in [0.15, 0.2) is 78.9 Å². The number of ether oxygens (including phenoxy) is 1. The Bertz CT molecular complexity index is 894. The van der Waals surface area contributed by atoms with Crippen LogP contribution < -0.4 is 4.74 Å². The van der Waals surface area contributed by atoms with Crippen LogP contribution in [-0.2, 0) is 11.2 Å². The van der Waals surface area contributed by atoms with E-state index in [1.165, 1.54) is 12.1 Å². The maximum Gasteiger partial charge on any atom is 0.227 e. The summed E-state index contributed by atoms with van der Waals surface area (Å²) >= 11 is 0. The van der Waals surface area contributed by atoms with E-state index in [2.05, 4.69) is 0 Å². The smallest absolute Gasteiger partial charge is 0.227 e. The number of carbonyl (C=O) groups excluding carboxylic acids is 1. The van der Waals surface area contributed by atoms with Crippen molar-refractivity contribution in [3.63, 3.8) is 0 Å². The average Bonchev–Trinajstić information content (AvgIpc) is 2.70. The molecule has 0 N–H and O–H groups in total. The van der Waals surface area contributed by atoms with Crippen molar-refractivity contribution in [2.75, 3.05) is 14.2 Å². The summed E-state index contributed by atoms with van der Waals surface area (Å²) in [6, 6.07) is 23.3. The number of amides is 1. The fraction of sp³-hybridized carbons (Fsp3) is 0.174. The van der Waals surface area contributed by atoms with Crippen molar-refractivity contribution in [2.24, 2.45) is 0 Å². The van der Waals surface area contributed by atoms with Crippen molar-refractivity contribution in [1.82, 2.24) is 4.90 Å². The first-order valence-electron chi connectivity index (χ1n) is 8.77. The number of nitrogens with zero attached hydrogens (tertiary/aromatic N) is 1. The minimum absolute atomic E-state index is 0.0265. The van der Waals surface area contributed by atoms with Crippen LogP contribution in [0.25, 0.3) is 0 Å².